The van der Waals surface area contributed by atoms with Crippen LogP contribution in [-0.4, -0.2) is 11.8 Å². The molecule has 2 aromatic carbocycles. The molecule has 150 valence electrons. The number of Topliss-reactive ketones (excluding diaryl/α,β-unsaturated/α-hetero) is 1. The third-order valence-electron chi connectivity index (χ3n) is 5.92. The van der Waals surface area contributed by atoms with E-state index in [1.54, 1.807) is 12.1 Å². The van der Waals surface area contributed by atoms with Crippen LogP contribution in [0.25, 0.3) is 16.7 Å². The number of aryl methyl sites for hydroxylation is 1. The minimum Gasteiger partial charge on any atom is -0.430 e. The summed E-state index contributed by atoms with van der Waals surface area (Å²) in [6, 6.07) is 11.4. The number of halogens is 2. The number of esters is 1. The Morgan fingerprint density at radius 3 is 2.52 bits per heavy atom. The highest BCUT2D eigenvalue weighted by molar-refractivity contribution is 6.36. The summed E-state index contributed by atoms with van der Waals surface area (Å²) < 4.78 is 5.62. The van der Waals surface area contributed by atoms with Gasteiger partial charge in [0.15, 0.2) is 5.78 Å². The second kappa shape index (κ2) is 7.97. The van der Waals surface area contributed by atoms with Gasteiger partial charge in [-0.1, -0.05) is 48.3 Å². The van der Waals surface area contributed by atoms with Gasteiger partial charge in [-0.25, -0.2) is 0 Å². The van der Waals surface area contributed by atoms with Crippen LogP contribution in [0, 0.1) is 11.8 Å². The topological polar surface area (TPSA) is 43.4 Å². The average molecular weight is 429 g/mol. The fourth-order valence-electron chi connectivity index (χ4n) is 4.55. The van der Waals surface area contributed by atoms with Crippen molar-refractivity contribution >= 4 is 40.5 Å². The van der Waals surface area contributed by atoms with E-state index in [1.165, 1.54) is 6.92 Å². The van der Waals surface area contributed by atoms with E-state index >= 15 is 0 Å². The fraction of sp³-hybridized carbons (Fsp3) is 0.333. The number of ketones is 1. The van der Waals surface area contributed by atoms with E-state index in [0.717, 1.165) is 47.9 Å². The van der Waals surface area contributed by atoms with E-state index in [-0.39, 0.29) is 23.6 Å². The molecule has 0 amide bonds. The highest BCUT2D eigenvalue weighted by Gasteiger charge is 2.43. The standard InChI is InChI=1S/C24H22Cl2O3/c1-3-14-4-5-15(19-9-8-18(25)12-21(19)26)11-20(14)22-23(28)16-6-7-17(10-16)24(22)29-13(2)27/h4-5,8-9,11-12,16-17H,3,6-7,10H2,1-2H3/t16-,17+/m1/s1. The van der Waals surface area contributed by atoms with Crippen molar-refractivity contribution in [2.75, 3.05) is 0 Å². The molecular weight excluding hydrogens is 407 g/mol. The second-order valence-corrected chi connectivity index (χ2v) is 8.60. The summed E-state index contributed by atoms with van der Waals surface area (Å²) in [5.74, 6) is 0.394. The Bertz CT molecular complexity index is 1040. The van der Waals surface area contributed by atoms with Crippen molar-refractivity contribution in [3.63, 3.8) is 0 Å². The van der Waals surface area contributed by atoms with Gasteiger partial charge < -0.3 is 4.74 Å². The maximum absolute atomic E-state index is 13.3. The van der Waals surface area contributed by atoms with Crippen LogP contribution in [0.1, 0.15) is 44.2 Å². The van der Waals surface area contributed by atoms with Gasteiger partial charge in [0.25, 0.3) is 0 Å². The fourth-order valence-corrected chi connectivity index (χ4v) is 5.07. The third-order valence-corrected chi connectivity index (χ3v) is 6.47. The Labute approximate surface area is 180 Å². The predicted molar refractivity (Wildman–Crippen MR) is 116 cm³/mol. The molecule has 0 N–H and O–H groups in total. The van der Waals surface area contributed by atoms with Crippen molar-refractivity contribution in [3.8, 4) is 11.1 Å². The number of hydrogen-bond acceptors (Lipinski definition) is 3. The molecule has 2 atom stereocenters. The van der Waals surface area contributed by atoms with Crippen LogP contribution in [0.2, 0.25) is 10.0 Å². The van der Waals surface area contributed by atoms with Crippen molar-refractivity contribution in [1.29, 1.82) is 0 Å². The Morgan fingerprint density at radius 2 is 1.83 bits per heavy atom. The van der Waals surface area contributed by atoms with Crippen molar-refractivity contribution in [3.05, 3.63) is 63.3 Å². The van der Waals surface area contributed by atoms with Crippen LogP contribution in [0.15, 0.2) is 42.2 Å². The van der Waals surface area contributed by atoms with Crippen LogP contribution in [0.3, 0.4) is 0 Å². The Kier molecular flexibility index (Phi) is 5.54. The molecule has 2 aliphatic carbocycles. The van der Waals surface area contributed by atoms with Gasteiger partial charge in [-0.05, 0) is 60.6 Å². The number of carbonyl (C=O) groups is 2. The van der Waals surface area contributed by atoms with Gasteiger partial charge >= 0.3 is 5.97 Å². The number of rotatable bonds is 4. The van der Waals surface area contributed by atoms with Crippen molar-refractivity contribution in [2.24, 2.45) is 11.8 Å². The first-order valence-corrected chi connectivity index (χ1v) is 10.7. The van der Waals surface area contributed by atoms with Gasteiger partial charge in [0.1, 0.15) is 5.76 Å². The van der Waals surface area contributed by atoms with Gasteiger partial charge in [-0.2, -0.15) is 0 Å². The molecule has 1 saturated carbocycles. The van der Waals surface area contributed by atoms with E-state index in [9.17, 15) is 9.59 Å². The van der Waals surface area contributed by atoms with Crippen molar-refractivity contribution in [1.82, 2.24) is 0 Å². The van der Waals surface area contributed by atoms with Crippen LogP contribution in [0.5, 0.6) is 0 Å². The summed E-state index contributed by atoms with van der Waals surface area (Å²) in [7, 11) is 0. The summed E-state index contributed by atoms with van der Waals surface area (Å²) in [4.78, 5) is 25.1. The molecule has 0 unspecified atom stereocenters. The highest BCUT2D eigenvalue weighted by Crippen LogP contribution is 2.48. The number of carbonyl (C=O) groups excluding carboxylic acids is 2. The molecule has 0 aromatic heterocycles. The zero-order chi connectivity index (χ0) is 20.7. The number of fused-ring (bicyclic) bond motifs is 2. The quantitative estimate of drug-likeness (QED) is 0.522. The Balaban J connectivity index is 1.92. The lowest BCUT2D eigenvalue weighted by molar-refractivity contribution is -0.137. The van der Waals surface area contributed by atoms with E-state index in [2.05, 4.69) is 6.92 Å². The zero-order valence-electron chi connectivity index (χ0n) is 16.4. The lowest BCUT2D eigenvalue weighted by atomic mass is 9.81. The number of ether oxygens (including phenoxy) is 1. The molecule has 2 aliphatic rings. The maximum atomic E-state index is 13.3. The number of benzene rings is 2. The molecule has 0 aliphatic heterocycles. The monoisotopic (exact) mass is 428 g/mol. The second-order valence-electron chi connectivity index (χ2n) is 7.75. The van der Waals surface area contributed by atoms with E-state index < -0.39 is 0 Å². The normalized spacial score (nSPS) is 20.9. The summed E-state index contributed by atoms with van der Waals surface area (Å²) in [5, 5.41) is 1.12. The molecule has 29 heavy (non-hydrogen) atoms. The lowest BCUT2D eigenvalue weighted by Gasteiger charge is -2.26. The molecule has 3 nitrogen and oxygen atoms in total. The van der Waals surface area contributed by atoms with E-state index in [1.807, 2.05) is 24.3 Å². The molecule has 5 heteroatoms. The SMILES string of the molecule is CCc1ccc(-c2ccc(Cl)cc2Cl)cc1C1=C(OC(C)=O)[C@H]2CC[C@H](C2)C1=O. The van der Waals surface area contributed by atoms with Crippen LogP contribution in [0.4, 0.5) is 0 Å². The first kappa shape index (κ1) is 20.2. The number of hydrogen-bond donors (Lipinski definition) is 0. The van der Waals surface area contributed by atoms with Crippen molar-refractivity contribution in [2.45, 2.75) is 39.5 Å². The molecule has 4 rings (SSSR count). The van der Waals surface area contributed by atoms with Crippen molar-refractivity contribution < 1.29 is 14.3 Å². The Morgan fingerprint density at radius 1 is 1.07 bits per heavy atom. The third kappa shape index (κ3) is 3.74. The van der Waals surface area contributed by atoms with E-state index in [0.29, 0.717) is 21.4 Å². The largest absolute Gasteiger partial charge is 0.430 e. The predicted octanol–water partition coefficient (Wildman–Crippen LogP) is 6.50. The molecule has 0 saturated heterocycles. The minimum atomic E-state index is -0.384. The summed E-state index contributed by atoms with van der Waals surface area (Å²) in [6.45, 7) is 3.45. The van der Waals surface area contributed by atoms with Crippen LogP contribution < -0.4 is 0 Å². The average Bonchev–Trinajstić information content (AvgIpc) is 3.12. The minimum absolute atomic E-state index is 0.0155. The molecule has 1 fully saturated rings. The Hall–Kier alpha value is -2.10. The highest BCUT2D eigenvalue weighted by atomic mass is 35.5. The lowest BCUT2D eigenvalue weighted by Crippen LogP contribution is -2.24. The summed E-state index contributed by atoms with van der Waals surface area (Å²) in [6.07, 6.45) is 3.27. The van der Waals surface area contributed by atoms with E-state index in [4.69, 9.17) is 27.9 Å². The van der Waals surface area contributed by atoms with Gasteiger partial charge in [-0.3, -0.25) is 9.59 Å². The molecule has 0 heterocycles. The zero-order valence-corrected chi connectivity index (χ0v) is 17.9. The first-order chi connectivity index (χ1) is 13.9. The first-order valence-electron chi connectivity index (χ1n) is 9.94. The van der Waals surface area contributed by atoms with Gasteiger partial charge in [0.05, 0.1) is 5.57 Å². The van der Waals surface area contributed by atoms with Gasteiger partial charge in [-0.15, -0.1) is 0 Å². The number of allylic oxidation sites excluding steroid dienone is 2. The van der Waals surface area contributed by atoms with Crippen LogP contribution in [-0.2, 0) is 20.7 Å². The molecule has 0 radical (unpaired) electrons. The van der Waals surface area contributed by atoms with Crippen LogP contribution >= 0.6 is 23.2 Å². The molecule has 2 aromatic rings. The molecular formula is C24H22Cl2O3. The maximum Gasteiger partial charge on any atom is 0.307 e. The van der Waals surface area contributed by atoms with Gasteiger partial charge in [0.2, 0.25) is 0 Å². The summed E-state index contributed by atoms with van der Waals surface area (Å²) >= 11 is 12.5. The summed E-state index contributed by atoms with van der Waals surface area (Å²) in [5.41, 5.74) is 4.21. The van der Waals surface area contributed by atoms with Gasteiger partial charge in [0, 0.05) is 34.4 Å². The smallest absolute Gasteiger partial charge is 0.307 e. The molecule has 2 bridgehead atoms. The molecule has 0 spiro atoms.